The summed E-state index contributed by atoms with van der Waals surface area (Å²) in [5.41, 5.74) is 4.16. The third-order valence-corrected chi connectivity index (χ3v) is 6.59. The van der Waals surface area contributed by atoms with Crippen molar-refractivity contribution >= 4 is 34.0 Å². The molecule has 2 aromatic carbocycles. The number of carbonyl (C=O) groups is 2. The summed E-state index contributed by atoms with van der Waals surface area (Å²) in [6, 6.07) is 11.0. The van der Waals surface area contributed by atoms with Crippen molar-refractivity contribution in [2.75, 3.05) is 17.4 Å². The molecule has 0 spiro atoms. The number of hydrogen-bond acceptors (Lipinski definition) is 6. The van der Waals surface area contributed by atoms with Crippen molar-refractivity contribution in [1.29, 1.82) is 0 Å². The summed E-state index contributed by atoms with van der Waals surface area (Å²) in [4.78, 5) is 31.2. The molecular formula is C23H21N3O4S. The molecule has 1 atom stereocenters. The Hall–Kier alpha value is -3.39. The first kappa shape index (κ1) is 19.6. The van der Waals surface area contributed by atoms with E-state index in [2.05, 4.69) is 15.6 Å². The number of carbonyl (C=O) groups excluding carboxylic acids is 2. The zero-order chi connectivity index (χ0) is 21.5. The molecule has 1 aliphatic carbocycles. The second kappa shape index (κ2) is 7.70. The van der Waals surface area contributed by atoms with Gasteiger partial charge in [-0.3, -0.25) is 14.9 Å². The summed E-state index contributed by atoms with van der Waals surface area (Å²) < 4.78 is 10.6. The van der Waals surface area contributed by atoms with Crippen molar-refractivity contribution in [2.45, 2.75) is 32.6 Å². The molecule has 0 radical (unpaired) electrons. The van der Waals surface area contributed by atoms with Crippen molar-refractivity contribution in [1.82, 2.24) is 4.98 Å². The number of fused-ring (bicyclic) bond motifs is 2. The van der Waals surface area contributed by atoms with Gasteiger partial charge in [0.1, 0.15) is 0 Å². The summed E-state index contributed by atoms with van der Waals surface area (Å²) >= 11 is 1.42. The van der Waals surface area contributed by atoms with Crippen LogP contribution >= 0.6 is 11.3 Å². The molecule has 1 unspecified atom stereocenters. The van der Waals surface area contributed by atoms with Gasteiger partial charge in [-0.1, -0.05) is 12.1 Å². The molecule has 31 heavy (non-hydrogen) atoms. The van der Waals surface area contributed by atoms with E-state index in [1.165, 1.54) is 11.3 Å². The predicted molar refractivity (Wildman–Crippen MR) is 118 cm³/mol. The Morgan fingerprint density at radius 3 is 2.77 bits per heavy atom. The molecular weight excluding hydrogens is 414 g/mol. The second-order valence-corrected chi connectivity index (χ2v) is 8.83. The highest BCUT2D eigenvalue weighted by atomic mass is 32.1. The van der Waals surface area contributed by atoms with Gasteiger partial charge >= 0.3 is 0 Å². The van der Waals surface area contributed by atoms with Crippen LogP contribution in [0.1, 0.15) is 44.4 Å². The molecule has 8 heteroatoms. The number of ether oxygens (including phenoxy) is 2. The molecule has 3 aromatic rings. The van der Waals surface area contributed by atoms with E-state index in [-0.39, 0.29) is 24.5 Å². The minimum absolute atomic E-state index is 0.0635. The number of aryl methyl sites for hydroxylation is 3. The summed E-state index contributed by atoms with van der Waals surface area (Å²) in [5.74, 6) is 0.524. The van der Waals surface area contributed by atoms with Gasteiger partial charge < -0.3 is 14.8 Å². The molecule has 0 bridgehead atoms. The van der Waals surface area contributed by atoms with E-state index in [0.29, 0.717) is 22.2 Å². The van der Waals surface area contributed by atoms with Crippen molar-refractivity contribution in [3.63, 3.8) is 0 Å². The number of benzene rings is 2. The predicted octanol–water partition coefficient (Wildman–Crippen LogP) is 4.41. The standard InChI is InChI=1S/C23H21N3O4S/c1-12-3-4-13(2)16(9-12)24-22(28)15-6-8-19-20(15)25-23(31-19)26-21(27)14-5-7-17-18(10-14)30-11-29-17/h3-5,7,9-10,15H,6,8,11H2,1-2H3,(H,24,28)(H,25,26,27). The van der Waals surface area contributed by atoms with Gasteiger partial charge in [-0.2, -0.15) is 0 Å². The summed E-state index contributed by atoms with van der Waals surface area (Å²) in [5, 5.41) is 6.39. The normalized spacial score (nSPS) is 16.1. The Balaban J connectivity index is 1.30. The monoisotopic (exact) mass is 435 g/mol. The molecule has 2 N–H and O–H groups in total. The van der Waals surface area contributed by atoms with E-state index < -0.39 is 0 Å². The van der Waals surface area contributed by atoms with Crippen molar-refractivity contribution < 1.29 is 19.1 Å². The van der Waals surface area contributed by atoms with Crippen molar-refractivity contribution in [3.8, 4) is 11.5 Å². The lowest BCUT2D eigenvalue weighted by molar-refractivity contribution is -0.117. The molecule has 7 nitrogen and oxygen atoms in total. The number of rotatable bonds is 4. The molecule has 2 aliphatic rings. The fourth-order valence-corrected chi connectivity index (χ4v) is 4.87. The van der Waals surface area contributed by atoms with Crippen LogP contribution in [0, 0.1) is 13.8 Å². The largest absolute Gasteiger partial charge is 0.454 e. The Kier molecular flexibility index (Phi) is 4.86. The van der Waals surface area contributed by atoms with Crippen LogP contribution in [0.3, 0.4) is 0 Å². The van der Waals surface area contributed by atoms with E-state index in [1.54, 1.807) is 18.2 Å². The van der Waals surface area contributed by atoms with Crippen LogP contribution in [0.25, 0.3) is 0 Å². The lowest BCUT2D eigenvalue weighted by atomic mass is 10.1. The number of anilines is 2. The Morgan fingerprint density at radius 2 is 1.90 bits per heavy atom. The molecule has 2 heterocycles. The molecule has 0 fully saturated rings. The molecule has 5 rings (SSSR count). The van der Waals surface area contributed by atoms with Gasteiger partial charge in [-0.15, -0.1) is 11.3 Å². The molecule has 0 saturated heterocycles. The summed E-state index contributed by atoms with van der Waals surface area (Å²) in [7, 11) is 0. The minimum atomic E-state index is -0.317. The van der Waals surface area contributed by atoms with Crippen LogP contribution in [-0.4, -0.2) is 23.6 Å². The average molecular weight is 436 g/mol. The van der Waals surface area contributed by atoms with E-state index in [9.17, 15) is 9.59 Å². The van der Waals surface area contributed by atoms with Gasteiger partial charge in [0, 0.05) is 16.1 Å². The lowest BCUT2D eigenvalue weighted by Gasteiger charge is -2.13. The first-order valence-corrected chi connectivity index (χ1v) is 10.9. The number of aromatic nitrogens is 1. The first-order chi connectivity index (χ1) is 15.0. The lowest BCUT2D eigenvalue weighted by Crippen LogP contribution is -2.20. The fraction of sp³-hybridized carbons (Fsp3) is 0.261. The maximum atomic E-state index is 12.9. The SMILES string of the molecule is Cc1ccc(C)c(NC(=O)C2CCc3sc(NC(=O)c4ccc5c(c4)OCO5)nc32)c1. The van der Waals surface area contributed by atoms with E-state index in [1.807, 2.05) is 32.0 Å². The molecule has 1 aromatic heterocycles. The maximum Gasteiger partial charge on any atom is 0.257 e. The highest BCUT2D eigenvalue weighted by molar-refractivity contribution is 7.16. The van der Waals surface area contributed by atoms with Crippen molar-refractivity contribution in [3.05, 3.63) is 63.7 Å². The van der Waals surface area contributed by atoms with Gasteiger partial charge in [0.25, 0.3) is 5.91 Å². The van der Waals surface area contributed by atoms with Gasteiger partial charge in [0.15, 0.2) is 16.6 Å². The van der Waals surface area contributed by atoms with Gasteiger partial charge in [0.05, 0.1) is 11.6 Å². The smallest absolute Gasteiger partial charge is 0.257 e. The average Bonchev–Trinajstić information content (AvgIpc) is 3.45. The van der Waals surface area contributed by atoms with Crippen LogP contribution < -0.4 is 20.1 Å². The van der Waals surface area contributed by atoms with Crippen molar-refractivity contribution in [2.24, 2.45) is 0 Å². The van der Waals surface area contributed by atoms with Crippen LogP contribution in [0.5, 0.6) is 11.5 Å². The third-order valence-electron chi connectivity index (χ3n) is 5.54. The topological polar surface area (TPSA) is 89.6 Å². The van der Waals surface area contributed by atoms with E-state index in [4.69, 9.17) is 9.47 Å². The summed E-state index contributed by atoms with van der Waals surface area (Å²) in [6.07, 6.45) is 1.50. The second-order valence-electron chi connectivity index (χ2n) is 7.75. The number of nitrogens with one attached hydrogen (secondary N) is 2. The Labute approximate surface area is 183 Å². The van der Waals surface area contributed by atoms with E-state index in [0.717, 1.165) is 40.2 Å². The fourth-order valence-electron chi connectivity index (χ4n) is 3.83. The highest BCUT2D eigenvalue weighted by Crippen LogP contribution is 2.39. The molecule has 1 aliphatic heterocycles. The van der Waals surface area contributed by atoms with Gasteiger partial charge in [-0.25, -0.2) is 4.98 Å². The van der Waals surface area contributed by atoms with Crippen LogP contribution in [0.15, 0.2) is 36.4 Å². The van der Waals surface area contributed by atoms with Gasteiger partial charge in [-0.05, 0) is 62.1 Å². The van der Waals surface area contributed by atoms with E-state index >= 15 is 0 Å². The zero-order valence-electron chi connectivity index (χ0n) is 17.2. The highest BCUT2D eigenvalue weighted by Gasteiger charge is 2.33. The maximum absolute atomic E-state index is 12.9. The zero-order valence-corrected chi connectivity index (χ0v) is 18.0. The quantitative estimate of drug-likeness (QED) is 0.634. The molecule has 2 amide bonds. The first-order valence-electron chi connectivity index (χ1n) is 10.1. The Morgan fingerprint density at radius 1 is 1.06 bits per heavy atom. The van der Waals surface area contributed by atoms with Crippen LogP contribution in [0.2, 0.25) is 0 Å². The Bertz CT molecular complexity index is 1200. The number of amides is 2. The molecule has 158 valence electrons. The van der Waals surface area contributed by atoms with Gasteiger partial charge in [0.2, 0.25) is 12.7 Å². The van der Waals surface area contributed by atoms with Crippen LogP contribution in [0.4, 0.5) is 10.8 Å². The minimum Gasteiger partial charge on any atom is -0.454 e. The third kappa shape index (κ3) is 3.74. The number of hydrogen-bond donors (Lipinski definition) is 2. The number of nitrogens with zero attached hydrogens (tertiary/aromatic N) is 1. The molecule has 0 saturated carbocycles. The summed E-state index contributed by atoms with van der Waals surface area (Å²) in [6.45, 7) is 4.13. The number of thiazole rings is 1. The van der Waals surface area contributed by atoms with Crippen LogP contribution in [-0.2, 0) is 11.2 Å².